The van der Waals surface area contributed by atoms with Crippen LogP contribution in [0.1, 0.15) is 29.6 Å². The van der Waals surface area contributed by atoms with Gasteiger partial charge in [-0.15, -0.1) is 0 Å². The number of anilines is 1. The van der Waals surface area contributed by atoms with Gasteiger partial charge in [-0.2, -0.15) is 0 Å². The summed E-state index contributed by atoms with van der Waals surface area (Å²) in [4.78, 5) is 20.8. The molecule has 3 N–H and O–H groups in total. The van der Waals surface area contributed by atoms with E-state index in [0.29, 0.717) is 18.9 Å². The highest BCUT2D eigenvalue weighted by atomic mass is 19.1. The van der Waals surface area contributed by atoms with Crippen LogP contribution in [0.15, 0.2) is 12.1 Å². The van der Waals surface area contributed by atoms with Crippen molar-refractivity contribution in [2.45, 2.75) is 24.8 Å². The second-order valence-corrected chi connectivity index (χ2v) is 4.83. The zero-order valence-corrected chi connectivity index (χ0v) is 10.4. The van der Waals surface area contributed by atoms with Gasteiger partial charge in [0.25, 0.3) is 5.69 Å². The Kier molecular flexibility index (Phi) is 3.58. The fourth-order valence-corrected chi connectivity index (χ4v) is 2.19. The van der Waals surface area contributed by atoms with Crippen molar-refractivity contribution in [1.29, 1.82) is 0 Å². The molecule has 0 heterocycles. The number of aliphatic hydroxyl groups is 1. The van der Waals surface area contributed by atoms with E-state index in [0.717, 1.165) is 12.5 Å². The van der Waals surface area contributed by atoms with Crippen molar-refractivity contribution in [2.24, 2.45) is 0 Å². The topological polar surface area (TPSA) is 113 Å². The first-order valence-corrected chi connectivity index (χ1v) is 5.99. The normalized spacial score (nSPS) is 16.3. The molecule has 0 saturated heterocycles. The summed E-state index contributed by atoms with van der Waals surface area (Å²) in [6, 6.07) is 1.47. The van der Waals surface area contributed by atoms with Crippen molar-refractivity contribution in [3.8, 4) is 0 Å². The maximum atomic E-state index is 13.8. The molecule has 1 aliphatic rings. The number of nitro groups is 1. The van der Waals surface area contributed by atoms with E-state index >= 15 is 0 Å². The average Bonchev–Trinajstić information content (AvgIpc) is 2.34. The Bertz CT molecular complexity index is 566. The molecule has 0 radical (unpaired) electrons. The maximum absolute atomic E-state index is 13.8. The maximum Gasteiger partial charge on any atom is 0.342 e. The van der Waals surface area contributed by atoms with Gasteiger partial charge in [-0.1, -0.05) is 0 Å². The fourth-order valence-electron chi connectivity index (χ4n) is 2.19. The van der Waals surface area contributed by atoms with Crippen molar-refractivity contribution >= 4 is 17.3 Å². The zero-order valence-electron chi connectivity index (χ0n) is 10.4. The lowest BCUT2D eigenvalue weighted by atomic mass is 9.77. The minimum Gasteiger partial charge on any atom is -0.477 e. The lowest BCUT2D eigenvalue weighted by Gasteiger charge is -2.41. The van der Waals surface area contributed by atoms with Gasteiger partial charge in [-0.05, 0) is 25.3 Å². The number of aromatic carboxylic acids is 1. The first-order valence-electron chi connectivity index (χ1n) is 5.99. The van der Waals surface area contributed by atoms with E-state index in [1.54, 1.807) is 0 Å². The van der Waals surface area contributed by atoms with Gasteiger partial charge in [-0.3, -0.25) is 10.1 Å². The average molecular weight is 284 g/mol. The van der Waals surface area contributed by atoms with E-state index in [4.69, 9.17) is 5.11 Å². The minimum atomic E-state index is -1.51. The second-order valence-electron chi connectivity index (χ2n) is 4.83. The number of hydrogen-bond acceptors (Lipinski definition) is 5. The summed E-state index contributed by atoms with van der Waals surface area (Å²) in [5.41, 5.74) is -2.22. The van der Waals surface area contributed by atoms with Crippen LogP contribution in [0.5, 0.6) is 0 Å². The van der Waals surface area contributed by atoms with Gasteiger partial charge in [0.15, 0.2) is 5.82 Å². The van der Waals surface area contributed by atoms with E-state index < -0.39 is 33.5 Å². The Morgan fingerprint density at radius 3 is 2.55 bits per heavy atom. The van der Waals surface area contributed by atoms with Gasteiger partial charge in [0.05, 0.1) is 28.8 Å². The number of aliphatic hydroxyl groups excluding tert-OH is 1. The smallest absolute Gasteiger partial charge is 0.342 e. The predicted molar refractivity (Wildman–Crippen MR) is 67.3 cm³/mol. The molecule has 1 aliphatic carbocycles. The van der Waals surface area contributed by atoms with Gasteiger partial charge in [0.1, 0.15) is 5.56 Å². The molecular weight excluding hydrogens is 271 g/mol. The molecule has 7 nitrogen and oxygen atoms in total. The highest BCUT2D eigenvalue weighted by molar-refractivity contribution is 5.93. The molecule has 0 unspecified atom stereocenters. The lowest BCUT2D eigenvalue weighted by molar-refractivity contribution is -0.385. The van der Waals surface area contributed by atoms with Crippen molar-refractivity contribution in [1.82, 2.24) is 0 Å². The monoisotopic (exact) mass is 284 g/mol. The molecule has 0 aliphatic heterocycles. The largest absolute Gasteiger partial charge is 0.477 e. The Morgan fingerprint density at radius 1 is 1.50 bits per heavy atom. The fraction of sp³-hybridized carbons (Fsp3) is 0.417. The molecule has 1 fully saturated rings. The van der Waals surface area contributed by atoms with Crippen molar-refractivity contribution in [3.05, 3.63) is 33.6 Å². The Labute approximate surface area is 113 Å². The quantitative estimate of drug-likeness (QED) is 0.561. The number of carbonyl (C=O) groups is 1. The van der Waals surface area contributed by atoms with Gasteiger partial charge in [0, 0.05) is 0 Å². The molecule has 0 bridgehead atoms. The first kappa shape index (κ1) is 14.2. The van der Waals surface area contributed by atoms with Crippen LogP contribution in [0.4, 0.5) is 15.8 Å². The third-order valence-corrected chi connectivity index (χ3v) is 3.53. The van der Waals surface area contributed by atoms with Crippen LogP contribution in [-0.4, -0.2) is 33.3 Å². The lowest BCUT2D eigenvalue weighted by Crippen LogP contribution is -2.48. The van der Waals surface area contributed by atoms with Crippen LogP contribution in [0, 0.1) is 15.9 Å². The highest BCUT2D eigenvalue weighted by Crippen LogP contribution is 2.37. The SMILES string of the molecule is O=C(O)c1cc(NC2(CO)CCC2)c(F)cc1[N+](=O)[O-]. The third-order valence-electron chi connectivity index (χ3n) is 3.53. The molecule has 1 saturated carbocycles. The van der Waals surface area contributed by atoms with Crippen LogP contribution >= 0.6 is 0 Å². The third kappa shape index (κ3) is 2.42. The van der Waals surface area contributed by atoms with Crippen LogP contribution in [0.2, 0.25) is 0 Å². The molecule has 108 valence electrons. The van der Waals surface area contributed by atoms with Crippen molar-refractivity contribution in [2.75, 3.05) is 11.9 Å². The minimum absolute atomic E-state index is 0.151. The summed E-state index contributed by atoms with van der Waals surface area (Å²) >= 11 is 0. The molecule has 0 atom stereocenters. The Morgan fingerprint density at radius 2 is 2.15 bits per heavy atom. The second kappa shape index (κ2) is 5.04. The molecule has 20 heavy (non-hydrogen) atoms. The standard InChI is InChI=1S/C12H13FN2O5/c13-8-5-10(15(19)20)7(11(17)18)4-9(8)14-12(6-16)2-1-3-12/h4-5,14,16H,1-3,6H2,(H,17,18). The van der Waals surface area contributed by atoms with E-state index in [1.165, 1.54) is 0 Å². The summed E-state index contributed by atoms with van der Waals surface area (Å²) in [7, 11) is 0. The van der Waals surface area contributed by atoms with Crippen LogP contribution in [0.25, 0.3) is 0 Å². The first-order chi connectivity index (χ1) is 9.38. The Hall–Kier alpha value is -2.22. The predicted octanol–water partition coefficient (Wildman–Crippen LogP) is 1.76. The van der Waals surface area contributed by atoms with E-state index in [1.807, 2.05) is 0 Å². The number of rotatable bonds is 5. The number of hydrogen-bond donors (Lipinski definition) is 3. The Balaban J connectivity index is 2.41. The molecule has 2 rings (SSSR count). The van der Waals surface area contributed by atoms with Gasteiger partial charge in [0.2, 0.25) is 0 Å². The van der Waals surface area contributed by atoms with Crippen LogP contribution < -0.4 is 5.32 Å². The number of nitrogens with one attached hydrogen (secondary N) is 1. The molecular formula is C12H13FN2O5. The molecule has 0 amide bonds. The number of benzene rings is 1. The van der Waals surface area contributed by atoms with E-state index in [9.17, 15) is 24.4 Å². The molecule has 1 aromatic rings. The molecule has 8 heteroatoms. The number of nitrogens with zero attached hydrogens (tertiary/aromatic N) is 1. The summed E-state index contributed by atoms with van der Waals surface area (Å²) in [5, 5.41) is 31.7. The highest BCUT2D eigenvalue weighted by Gasteiger charge is 2.37. The summed E-state index contributed by atoms with van der Waals surface area (Å²) in [5.74, 6) is -2.42. The summed E-state index contributed by atoms with van der Waals surface area (Å²) in [6.07, 6.45) is 2.12. The molecule has 0 spiro atoms. The van der Waals surface area contributed by atoms with Gasteiger partial charge in [-0.25, -0.2) is 9.18 Å². The van der Waals surface area contributed by atoms with Crippen LogP contribution in [0.3, 0.4) is 0 Å². The van der Waals surface area contributed by atoms with Gasteiger partial charge >= 0.3 is 5.97 Å². The van der Waals surface area contributed by atoms with Crippen molar-refractivity contribution in [3.63, 3.8) is 0 Å². The zero-order chi connectivity index (χ0) is 14.9. The number of halogens is 1. The van der Waals surface area contributed by atoms with Crippen molar-refractivity contribution < 1.29 is 24.3 Å². The van der Waals surface area contributed by atoms with Crippen LogP contribution in [-0.2, 0) is 0 Å². The number of carboxylic acid groups (broad SMARTS) is 1. The van der Waals surface area contributed by atoms with E-state index in [2.05, 4.69) is 5.32 Å². The number of nitro benzene ring substituents is 1. The van der Waals surface area contributed by atoms with Gasteiger partial charge < -0.3 is 15.5 Å². The van der Waals surface area contributed by atoms with E-state index in [-0.39, 0.29) is 12.3 Å². The molecule has 0 aromatic heterocycles. The summed E-state index contributed by atoms with van der Waals surface area (Å²) in [6.45, 7) is -0.216. The number of carboxylic acids is 1. The summed E-state index contributed by atoms with van der Waals surface area (Å²) < 4.78 is 13.8. The molecule has 1 aromatic carbocycles.